The quantitative estimate of drug-likeness (QED) is 0.263. The number of ketones is 1. The molecule has 34 heavy (non-hydrogen) atoms. The maximum Gasteiger partial charge on any atom is 0.343 e. The van der Waals surface area contributed by atoms with Crippen LogP contribution in [0.4, 0.5) is 0 Å². The zero-order chi connectivity index (χ0) is 23.9. The fourth-order valence-electron chi connectivity index (χ4n) is 3.68. The van der Waals surface area contributed by atoms with Gasteiger partial charge in [-0.2, -0.15) is 10.5 Å². The molecule has 0 N–H and O–H groups in total. The maximum absolute atomic E-state index is 13.0. The number of nitriles is 2. The van der Waals surface area contributed by atoms with Crippen molar-refractivity contribution >= 4 is 34.5 Å². The van der Waals surface area contributed by atoms with Crippen molar-refractivity contribution in [3.8, 4) is 12.1 Å². The summed E-state index contributed by atoms with van der Waals surface area (Å²) in [6.07, 6.45) is 3.18. The topological polar surface area (TPSA) is 94.9 Å². The fourth-order valence-corrected chi connectivity index (χ4v) is 3.68. The van der Waals surface area contributed by atoms with Crippen LogP contribution in [-0.2, 0) is 0 Å². The highest BCUT2D eigenvalue weighted by Crippen LogP contribution is 2.20. The number of allylic oxidation sites excluding steroid dienone is 2. The summed E-state index contributed by atoms with van der Waals surface area (Å²) in [5.74, 6) is -0.146. The van der Waals surface area contributed by atoms with Crippen LogP contribution in [0.5, 0.6) is 0 Å². The number of nitrogens with zero attached hydrogens (tertiary/aromatic N) is 2. The third kappa shape index (κ3) is 4.60. The van der Waals surface area contributed by atoms with Gasteiger partial charge in [-0.25, -0.2) is 4.79 Å². The van der Waals surface area contributed by atoms with Crippen LogP contribution in [0.2, 0.25) is 0 Å². The SMILES string of the molecule is N#CC(C#N)=C(/C=c1\c(=C\CC(=O)c2ccccc2)c(=O)oc2ccccc12)c1ccccc1. The summed E-state index contributed by atoms with van der Waals surface area (Å²) in [5.41, 5.74) is 1.25. The summed E-state index contributed by atoms with van der Waals surface area (Å²) < 4.78 is 5.51. The average Bonchev–Trinajstić information content (AvgIpc) is 2.89. The van der Waals surface area contributed by atoms with Crippen LogP contribution in [0.1, 0.15) is 22.3 Å². The number of Topliss-reactive ketones (excluding diaryl/α,β-unsaturated/α-hetero) is 1. The van der Waals surface area contributed by atoms with Crippen LogP contribution >= 0.6 is 0 Å². The third-order valence-electron chi connectivity index (χ3n) is 5.34. The first-order valence-corrected chi connectivity index (χ1v) is 10.5. The van der Waals surface area contributed by atoms with Gasteiger partial charge in [0.25, 0.3) is 0 Å². The standard InChI is InChI=1S/C29H18N2O3/c30-18-22(19-31)25(20-9-3-1-4-10-20)17-26-23-13-7-8-14-28(23)34-29(33)24(26)15-16-27(32)21-11-5-2-6-12-21/h1-15,17H,16H2/b24-15-,26-17-. The highest BCUT2D eigenvalue weighted by Gasteiger charge is 2.11. The van der Waals surface area contributed by atoms with Crippen LogP contribution < -0.4 is 16.1 Å². The normalized spacial score (nSPS) is 11.6. The molecule has 0 aliphatic rings. The zero-order valence-corrected chi connectivity index (χ0v) is 18.1. The summed E-state index contributed by atoms with van der Waals surface area (Å²) in [6.45, 7) is 0. The summed E-state index contributed by atoms with van der Waals surface area (Å²) in [4.78, 5) is 25.6. The van der Waals surface area contributed by atoms with Crippen molar-refractivity contribution in [3.05, 3.63) is 122 Å². The van der Waals surface area contributed by atoms with Gasteiger partial charge in [0, 0.05) is 28.2 Å². The van der Waals surface area contributed by atoms with Crippen LogP contribution in [0, 0.1) is 22.7 Å². The first kappa shape index (κ1) is 22.2. The van der Waals surface area contributed by atoms with Crippen molar-refractivity contribution < 1.29 is 9.21 Å². The Morgan fingerprint density at radius 3 is 2.03 bits per heavy atom. The number of carbonyl (C=O) groups is 1. The molecule has 0 bridgehead atoms. The molecule has 0 aliphatic carbocycles. The number of hydrogen-bond donors (Lipinski definition) is 0. The number of rotatable bonds is 5. The van der Waals surface area contributed by atoms with Gasteiger partial charge >= 0.3 is 5.63 Å². The molecule has 3 aromatic carbocycles. The lowest BCUT2D eigenvalue weighted by atomic mass is 9.98. The van der Waals surface area contributed by atoms with Crippen molar-refractivity contribution in [1.29, 1.82) is 10.5 Å². The zero-order valence-electron chi connectivity index (χ0n) is 18.1. The maximum atomic E-state index is 13.0. The second-order valence-corrected chi connectivity index (χ2v) is 7.43. The molecule has 4 aromatic rings. The first-order valence-electron chi connectivity index (χ1n) is 10.5. The molecule has 5 nitrogen and oxygen atoms in total. The minimum Gasteiger partial charge on any atom is -0.422 e. The summed E-state index contributed by atoms with van der Waals surface area (Å²) in [6, 6.07) is 28.7. The molecular weight excluding hydrogens is 424 g/mol. The summed E-state index contributed by atoms with van der Waals surface area (Å²) in [7, 11) is 0. The number of carbonyl (C=O) groups excluding carboxylic acids is 1. The fraction of sp³-hybridized carbons (Fsp3) is 0.0345. The lowest BCUT2D eigenvalue weighted by Gasteiger charge is -2.05. The van der Waals surface area contributed by atoms with Gasteiger partial charge in [-0.15, -0.1) is 0 Å². The Bertz CT molecular complexity index is 1650. The van der Waals surface area contributed by atoms with E-state index < -0.39 is 5.63 Å². The number of benzene rings is 3. The van der Waals surface area contributed by atoms with Crippen molar-refractivity contribution in [3.63, 3.8) is 0 Å². The lowest BCUT2D eigenvalue weighted by Crippen LogP contribution is -2.39. The Balaban J connectivity index is 2.03. The van der Waals surface area contributed by atoms with E-state index in [1.165, 1.54) is 0 Å². The van der Waals surface area contributed by atoms with Gasteiger partial charge in [0.05, 0.1) is 5.22 Å². The molecule has 5 heteroatoms. The van der Waals surface area contributed by atoms with Crippen LogP contribution in [0.15, 0.2) is 99.7 Å². The molecule has 0 amide bonds. The highest BCUT2D eigenvalue weighted by molar-refractivity contribution is 5.99. The summed E-state index contributed by atoms with van der Waals surface area (Å²) in [5, 5.41) is 20.5. The number of para-hydroxylation sites is 1. The summed E-state index contributed by atoms with van der Waals surface area (Å²) >= 11 is 0. The first-order chi connectivity index (χ1) is 16.6. The number of fused-ring (bicyclic) bond motifs is 1. The third-order valence-corrected chi connectivity index (χ3v) is 5.34. The van der Waals surface area contributed by atoms with Gasteiger partial charge in [0.2, 0.25) is 0 Å². The van der Waals surface area contributed by atoms with E-state index >= 15 is 0 Å². The Morgan fingerprint density at radius 1 is 0.794 bits per heavy atom. The molecule has 0 aliphatic heterocycles. The van der Waals surface area contributed by atoms with Gasteiger partial charge < -0.3 is 4.42 Å². The Labute approximate surface area is 195 Å². The molecule has 0 radical (unpaired) electrons. The molecule has 0 unspecified atom stereocenters. The smallest absolute Gasteiger partial charge is 0.343 e. The predicted molar refractivity (Wildman–Crippen MR) is 131 cm³/mol. The minimum atomic E-state index is -0.603. The van der Waals surface area contributed by atoms with Gasteiger partial charge in [-0.05, 0) is 17.7 Å². The molecule has 1 aromatic heterocycles. The van der Waals surface area contributed by atoms with Crippen LogP contribution in [0.3, 0.4) is 0 Å². The van der Waals surface area contributed by atoms with E-state index in [9.17, 15) is 20.1 Å². The van der Waals surface area contributed by atoms with Crippen LogP contribution in [-0.4, -0.2) is 5.78 Å². The van der Waals surface area contributed by atoms with E-state index in [1.54, 1.807) is 84.9 Å². The van der Waals surface area contributed by atoms with E-state index in [-0.39, 0.29) is 23.0 Å². The van der Waals surface area contributed by atoms with Crippen LogP contribution in [0.25, 0.3) is 28.7 Å². The average molecular weight is 442 g/mol. The molecule has 0 spiro atoms. The Hall–Kier alpha value is -5.00. The minimum absolute atomic E-state index is 0.0122. The van der Waals surface area contributed by atoms with Gasteiger partial charge in [-0.1, -0.05) is 84.9 Å². The Morgan fingerprint density at radius 2 is 1.38 bits per heavy atom. The predicted octanol–water partition coefficient (Wildman–Crippen LogP) is 4.13. The van der Waals surface area contributed by atoms with E-state index in [0.29, 0.717) is 32.9 Å². The molecule has 0 fully saturated rings. The largest absolute Gasteiger partial charge is 0.422 e. The molecule has 0 saturated carbocycles. The Kier molecular flexibility index (Phi) is 6.58. The van der Waals surface area contributed by atoms with E-state index in [1.807, 2.05) is 24.3 Å². The second-order valence-electron chi connectivity index (χ2n) is 7.43. The van der Waals surface area contributed by atoms with Gasteiger partial charge in [-0.3, -0.25) is 4.79 Å². The molecule has 1 heterocycles. The van der Waals surface area contributed by atoms with E-state index in [4.69, 9.17) is 4.42 Å². The van der Waals surface area contributed by atoms with Crippen molar-refractivity contribution in [2.45, 2.75) is 6.42 Å². The lowest BCUT2D eigenvalue weighted by molar-refractivity contribution is 0.0999. The van der Waals surface area contributed by atoms with Crippen molar-refractivity contribution in [2.75, 3.05) is 0 Å². The molecule has 0 atom stereocenters. The van der Waals surface area contributed by atoms with Gasteiger partial charge in [0.1, 0.15) is 23.3 Å². The molecule has 4 rings (SSSR count). The molecular formula is C29H18N2O3. The number of hydrogen-bond acceptors (Lipinski definition) is 5. The van der Waals surface area contributed by atoms with E-state index in [2.05, 4.69) is 0 Å². The molecule has 0 saturated heterocycles. The van der Waals surface area contributed by atoms with Crippen molar-refractivity contribution in [2.24, 2.45) is 0 Å². The second kappa shape index (κ2) is 10.1. The highest BCUT2D eigenvalue weighted by atomic mass is 16.4. The van der Waals surface area contributed by atoms with Gasteiger partial charge in [0.15, 0.2) is 5.78 Å². The monoisotopic (exact) mass is 442 g/mol. The molecule has 162 valence electrons. The van der Waals surface area contributed by atoms with Crippen molar-refractivity contribution in [1.82, 2.24) is 0 Å². The van der Waals surface area contributed by atoms with E-state index in [0.717, 1.165) is 0 Å².